The number of nitrogens with one attached hydrogen (secondary N) is 1. The van der Waals surface area contributed by atoms with Gasteiger partial charge in [-0.1, -0.05) is 6.92 Å². The van der Waals surface area contributed by atoms with Crippen LogP contribution in [-0.2, 0) is 0 Å². The second-order valence-corrected chi connectivity index (χ2v) is 4.69. The van der Waals surface area contributed by atoms with E-state index in [1.165, 1.54) is 6.42 Å². The molecule has 1 unspecified atom stereocenters. The first kappa shape index (κ1) is 10.4. The molecular formula is C11H22N2O. The first-order valence-corrected chi connectivity index (χ1v) is 5.93. The molecule has 2 fully saturated rings. The highest BCUT2D eigenvalue weighted by Gasteiger charge is 2.40. The Kier molecular flexibility index (Phi) is 3.10. The number of piperidine rings is 1. The number of nitrogens with zero attached hydrogens (tertiary/aromatic N) is 1. The summed E-state index contributed by atoms with van der Waals surface area (Å²) in [6, 6.07) is 0.363. The SMILES string of the molecule is CCN1CCC(O)(C2CCCN2)CC1. The van der Waals surface area contributed by atoms with Crippen molar-refractivity contribution in [3.05, 3.63) is 0 Å². The van der Waals surface area contributed by atoms with Crippen LogP contribution in [0, 0.1) is 0 Å². The Labute approximate surface area is 86.5 Å². The molecule has 0 aromatic rings. The summed E-state index contributed by atoms with van der Waals surface area (Å²) in [7, 11) is 0. The zero-order chi connectivity index (χ0) is 10.0. The number of aliphatic hydroxyl groups is 1. The lowest BCUT2D eigenvalue weighted by Gasteiger charge is -2.41. The maximum Gasteiger partial charge on any atom is 0.0824 e. The third-order valence-corrected chi connectivity index (χ3v) is 3.88. The first-order valence-electron chi connectivity index (χ1n) is 5.93. The molecule has 2 N–H and O–H groups in total. The minimum Gasteiger partial charge on any atom is -0.388 e. The van der Waals surface area contributed by atoms with Crippen molar-refractivity contribution >= 4 is 0 Å². The molecule has 0 bridgehead atoms. The third-order valence-electron chi connectivity index (χ3n) is 3.88. The minimum atomic E-state index is -0.415. The summed E-state index contributed by atoms with van der Waals surface area (Å²) in [6.45, 7) is 6.52. The van der Waals surface area contributed by atoms with E-state index < -0.39 is 5.60 Å². The molecule has 2 heterocycles. The van der Waals surface area contributed by atoms with Crippen molar-refractivity contribution in [2.24, 2.45) is 0 Å². The topological polar surface area (TPSA) is 35.5 Å². The quantitative estimate of drug-likeness (QED) is 0.681. The molecule has 2 aliphatic heterocycles. The highest BCUT2D eigenvalue weighted by Crippen LogP contribution is 2.29. The van der Waals surface area contributed by atoms with E-state index in [4.69, 9.17) is 0 Å². The normalized spacial score (nSPS) is 33.4. The van der Waals surface area contributed by atoms with E-state index in [0.29, 0.717) is 6.04 Å². The number of rotatable bonds is 2. The van der Waals surface area contributed by atoms with Crippen LogP contribution in [0.4, 0.5) is 0 Å². The Morgan fingerprint density at radius 1 is 1.43 bits per heavy atom. The zero-order valence-electron chi connectivity index (χ0n) is 9.13. The summed E-state index contributed by atoms with van der Waals surface area (Å²) in [6.07, 6.45) is 4.27. The molecule has 14 heavy (non-hydrogen) atoms. The van der Waals surface area contributed by atoms with Crippen LogP contribution in [0.2, 0.25) is 0 Å². The fourth-order valence-corrected chi connectivity index (χ4v) is 2.75. The highest BCUT2D eigenvalue weighted by atomic mass is 16.3. The number of hydrogen-bond acceptors (Lipinski definition) is 3. The van der Waals surface area contributed by atoms with Gasteiger partial charge in [0.05, 0.1) is 5.60 Å². The first-order chi connectivity index (χ1) is 6.74. The van der Waals surface area contributed by atoms with Crippen molar-refractivity contribution in [2.75, 3.05) is 26.2 Å². The molecule has 0 spiro atoms. The summed E-state index contributed by atoms with van der Waals surface area (Å²) in [5, 5.41) is 13.9. The van der Waals surface area contributed by atoms with Crippen molar-refractivity contribution in [3.63, 3.8) is 0 Å². The van der Waals surface area contributed by atoms with Gasteiger partial charge in [0.15, 0.2) is 0 Å². The van der Waals surface area contributed by atoms with Gasteiger partial charge in [-0.15, -0.1) is 0 Å². The largest absolute Gasteiger partial charge is 0.388 e. The van der Waals surface area contributed by atoms with E-state index in [0.717, 1.165) is 45.4 Å². The van der Waals surface area contributed by atoms with E-state index >= 15 is 0 Å². The molecule has 2 saturated heterocycles. The Bertz CT molecular complexity index is 182. The van der Waals surface area contributed by atoms with Gasteiger partial charge in [0.1, 0.15) is 0 Å². The number of hydrogen-bond donors (Lipinski definition) is 2. The zero-order valence-corrected chi connectivity index (χ0v) is 9.13. The second kappa shape index (κ2) is 4.17. The van der Waals surface area contributed by atoms with Crippen molar-refractivity contribution in [1.29, 1.82) is 0 Å². The van der Waals surface area contributed by atoms with Crippen molar-refractivity contribution in [1.82, 2.24) is 10.2 Å². The maximum absolute atomic E-state index is 10.5. The summed E-state index contributed by atoms with van der Waals surface area (Å²) in [5.74, 6) is 0. The van der Waals surface area contributed by atoms with E-state index in [2.05, 4.69) is 17.1 Å². The van der Waals surface area contributed by atoms with Crippen LogP contribution in [0.3, 0.4) is 0 Å². The van der Waals surface area contributed by atoms with Crippen LogP contribution < -0.4 is 5.32 Å². The molecule has 82 valence electrons. The summed E-state index contributed by atoms with van der Waals surface area (Å²) in [5.41, 5.74) is -0.415. The van der Waals surface area contributed by atoms with Gasteiger partial charge >= 0.3 is 0 Å². The van der Waals surface area contributed by atoms with E-state index in [-0.39, 0.29) is 0 Å². The van der Waals surface area contributed by atoms with E-state index in [1.807, 2.05) is 0 Å². The lowest BCUT2D eigenvalue weighted by molar-refractivity contribution is -0.0447. The fraction of sp³-hybridized carbons (Fsp3) is 1.00. The van der Waals surface area contributed by atoms with Crippen molar-refractivity contribution < 1.29 is 5.11 Å². The van der Waals surface area contributed by atoms with Crippen LogP contribution in [0.5, 0.6) is 0 Å². The number of likely N-dealkylation sites (tertiary alicyclic amines) is 1. The molecule has 1 atom stereocenters. The summed E-state index contributed by atoms with van der Waals surface area (Å²) in [4.78, 5) is 2.42. The molecule has 0 aliphatic carbocycles. The van der Waals surface area contributed by atoms with Gasteiger partial charge in [0, 0.05) is 19.1 Å². The van der Waals surface area contributed by atoms with Gasteiger partial charge in [-0.2, -0.15) is 0 Å². The van der Waals surface area contributed by atoms with Crippen LogP contribution in [0.25, 0.3) is 0 Å². The van der Waals surface area contributed by atoms with E-state index in [1.54, 1.807) is 0 Å². The molecule has 0 amide bonds. The molecule has 0 aromatic heterocycles. The van der Waals surface area contributed by atoms with Gasteiger partial charge in [-0.3, -0.25) is 0 Å². The van der Waals surface area contributed by atoms with Gasteiger partial charge in [0.2, 0.25) is 0 Å². The maximum atomic E-state index is 10.5. The molecule has 0 saturated carbocycles. The molecular weight excluding hydrogens is 176 g/mol. The molecule has 0 radical (unpaired) electrons. The molecule has 0 aromatic carbocycles. The highest BCUT2D eigenvalue weighted by molar-refractivity contribution is 4.97. The molecule has 3 heteroatoms. The van der Waals surface area contributed by atoms with Gasteiger partial charge in [0.25, 0.3) is 0 Å². The van der Waals surface area contributed by atoms with Crippen molar-refractivity contribution in [2.45, 2.75) is 44.2 Å². The lowest BCUT2D eigenvalue weighted by atomic mass is 9.83. The average Bonchev–Trinajstić information content (AvgIpc) is 2.72. The van der Waals surface area contributed by atoms with Gasteiger partial charge in [-0.05, 0) is 38.8 Å². The Hall–Kier alpha value is -0.120. The van der Waals surface area contributed by atoms with Crippen LogP contribution in [0.15, 0.2) is 0 Å². The minimum absolute atomic E-state index is 0.363. The lowest BCUT2D eigenvalue weighted by Crippen LogP contribution is -2.54. The predicted molar refractivity (Wildman–Crippen MR) is 57.3 cm³/mol. The van der Waals surface area contributed by atoms with Gasteiger partial charge < -0.3 is 15.3 Å². The monoisotopic (exact) mass is 198 g/mol. The Morgan fingerprint density at radius 2 is 2.14 bits per heavy atom. The summed E-state index contributed by atoms with van der Waals surface area (Å²) < 4.78 is 0. The smallest absolute Gasteiger partial charge is 0.0824 e. The summed E-state index contributed by atoms with van der Waals surface area (Å²) >= 11 is 0. The third kappa shape index (κ3) is 1.95. The van der Waals surface area contributed by atoms with Crippen LogP contribution >= 0.6 is 0 Å². The standard InChI is InChI=1S/C11H22N2O/c1-2-13-8-5-11(14,6-9-13)10-4-3-7-12-10/h10,12,14H,2-9H2,1H3. The van der Waals surface area contributed by atoms with Crippen LogP contribution in [-0.4, -0.2) is 47.8 Å². The van der Waals surface area contributed by atoms with Gasteiger partial charge in [-0.25, -0.2) is 0 Å². The second-order valence-electron chi connectivity index (χ2n) is 4.69. The molecule has 3 nitrogen and oxygen atoms in total. The molecule has 2 aliphatic rings. The Balaban J connectivity index is 1.90. The van der Waals surface area contributed by atoms with E-state index in [9.17, 15) is 5.11 Å². The fourth-order valence-electron chi connectivity index (χ4n) is 2.75. The Morgan fingerprint density at radius 3 is 2.64 bits per heavy atom. The van der Waals surface area contributed by atoms with Crippen molar-refractivity contribution in [3.8, 4) is 0 Å². The molecule has 2 rings (SSSR count). The van der Waals surface area contributed by atoms with Crippen LogP contribution in [0.1, 0.15) is 32.6 Å². The average molecular weight is 198 g/mol. The predicted octanol–water partition coefficient (Wildman–Crippen LogP) is 0.585.